The molecular formula is C32H55N3O7. The Bertz CT molecular complexity index is 873. The lowest BCUT2D eigenvalue weighted by Crippen LogP contribution is -2.45. The first-order valence-corrected chi connectivity index (χ1v) is 16.1. The molecule has 3 saturated heterocycles. The molecule has 42 heavy (non-hydrogen) atoms. The van der Waals surface area contributed by atoms with Crippen LogP contribution in [-0.2, 0) is 19.1 Å². The minimum absolute atomic E-state index is 0.0957. The number of carbonyl (C=O) groups is 4. The van der Waals surface area contributed by atoms with Gasteiger partial charge in [0.2, 0.25) is 5.91 Å². The molecule has 3 heterocycles. The van der Waals surface area contributed by atoms with Crippen LogP contribution in [0.15, 0.2) is 0 Å². The van der Waals surface area contributed by atoms with E-state index in [0.29, 0.717) is 57.5 Å². The molecule has 0 unspecified atom stereocenters. The van der Waals surface area contributed by atoms with Gasteiger partial charge in [-0.1, -0.05) is 0 Å². The molecule has 0 aromatic heterocycles. The molecule has 0 radical (unpaired) electrons. The van der Waals surface area contributed by atoms with Gasteiger partial charge in [-0.15, -0.1) is 0 Å². The molecule has 3 aliphatic rings. The highest BCUT2D eigenvalue weighted by Crippen LogP contribution is 2.31. The van der Waals surface area contributed by atoms with Crippen molar-refractivity contribution in [3.8, 4) is 0 Å². The van der Waals surface area contributed by atoms with E-state index in [1.807, 2.05) is 41.5 Å². The van der Waals surface area contributed by atoms with Crippen LogP contribution in [-0.4, -0.2) is 94.3 Å². The van der Waals surface area contributed by atoms with E-state index in [-0.39, 0.29) is 24.0 Å². The van der Waals surface area contributed by atoms with Crippen molar-refractivity contribution in [2.45, 2.75) is 117 Å². The predicted octanol–water partition coefficient (Wildman–Crippen LogP) is 5.78. The molecule has 0 bridgehead atoms. The third-order valence-electron chi connectivity index (χ3n) is 8.81. The Morgan fingerprint density at radius 2 is 1.12 bits per heavy atom. The second-order valence-electron chi connectivity index (χ2n) is 14.6. The van der Waals surface area contributed by atoms with Crippen molar-refractivity contribution in [2.24, 2.45) is 23.7 Å². The van der Waals surface area contributed by atoms with E-state index in [4.69, 9.17) is 9.47 Å². The van der Waals surface area contributed by atoms with E-state index >= 15 is 0 Å². The fraction of sp³-hybridized carbons (Fsp3) is 0.875. The van der Waals surface area contributed by atoms with Gasteiger partial charge < -0.3 is 29.3 Å². The van der Waals surface area contributed by atoms with Crippen molar-refractivity contribution >= 4 is 24.1 Å². The van der Waals surface area contributed by atoms with Crippen LogP contribution in [0.1, 0.15) is 106 Å². The number of ether oxygens (including phenoxy) is 2. The first kappa shape index (κ1) is 34.0. The Labute approximate surface area is 252 Å². The molecule has 0 aromatic carbocycles. The van der Waals surface area contributed by atoms with Gasteiger partial charge in [0.15, 0.2) is 0 Å². The van der Waals surface area contributed by atoms with Gasteiger partial charge in [0.25, 0.3) is 0 Å². The Morgan fingerprint density at radius 1 is 0.690 bits per heavy atom. The highest BCUT2D eigenvalue weighted by atomic mass is 16.6. The van der Waals surface area contributed by atoms with Crippen LogP contribution in [0, 0.1) is 23.7 Å². The number of aliphatic carboxylic acids is 1. The summed E-state index contributed by atoms with van der Waals surface area (Å²) in [6, 6.07) is 0. The normalized spacial score (nSPS) is 21.4. The molecule has 10 nitrogen and oxygen atoms in total. The topological polar surface area (TPSA) is 117 Å². The van der Waals surface area contributed by atoms with E-state index < -0.39 is 23.1 Å². The Balaban J connectivity index is 1.54. The zero-order valence-corrected chi connectivity index (χ0v) is 26.9. The number of rotatable bonds is 8. The molecule has 0 aliphatic carbocycles. The minimum atomic E-state index is -0.822. The number of carboxylic acids is 1. The maximum Gasteiger partial charge on any atom is 0.410 e. The summed E-state index contributed by atoms with van der Waals surface area (Å²) >= 11 is 0. The lowest BCUT2D eigenvalue weighted by molar-refractivity contribution is -0.147. The first-order chi connectivity index (χ1) is 19.6. The molecule has 1 atom stereocenters. The summed E-state index contributed by atoms with van der Waals surface area (Å²) in [5.41, 5.74) is -1.02. The van der Waals surface area contributed by atoms with Crippen LogP contribution in [0.5, 0.6) is 0 Å². The Morgan fingerprint density at radius 3 is 1.50 bits per heavy atom. The van der Waals surface area contributed by atoms with E-state index in [1.165, 1.54) is 0 Å². The van der Waals surface area contributed by atoms with Crippen LogP contribution in [0.2, 0.25) is 0 Å². The molecule has 3 rings (SSSR count). The van der Waals surface area contributed by atoms with Gasteiger partial charge in [-0.05, 0) is 118 Å². The number of carboxylic acid groups (broad SMARTS) is 1. The summed E-state index contributed by atoms with van der Waals surface area (Å²) in [6.45, 7) is 14.8. The fourth-order valence-electron chi connectivity index (χ4n) is 6.36. The van der Waals surface area contributed by atoms with Gasteiger partial charge in [0.1, 0.15) is 11.2 Å². The SMILES string of the molecule is CC(C)(C)OC(=O)N1CCC(CCC(CCC2CCN(C(=O)OC(C)(C)C)CC2)C(=O)N2CCC[C@@H](C(=O)O)C2)CC1. The number of nitrogens with zero attached hydrogens (tertiary/aromatic N) is 3. The molecule has 240 valence electrons. The largest absolute Gasteiger partial charge is 0.481 e. The lowest BCUT2D eigenvalue weighted by Gasteiger charge is -2.36. The third kappa shape index (κ3) is 11.0. The van der Waals surface area contributed by atoms with Crippen LogP contribution in [0.4, 0.5) is 9.59 Å². The second-order valence-corrected chi connectivity index (χ2v) is 14.6. The lowest BCUT2D eigenvalue weighted by atomic mass is 9.83. The van der Waals surface area contributed by atoms with Gasteiger partial charge >= 0.3 is 18.2 Å². The molecule has 0 saturated carbocycles. The van der Waals surface area contributed by atoms with Gasteiger partial charge in [-0.3, -0.25) is 9.59 Å². The minimum Gasteiger partial charge on any atom is -0.481 e. The van der Waals surface area contributed by atoms with Gasteiger partial charge in [-0.25, -0.2) is 9.59 Å². The van der Waals surface area contributed by atoms with Crippen LogP contribution in [0.25, 0.3) is 0 Å². The number of likely N-dealkylation sites (tertiary alicyclic amines) is 3. The average Bonchev–Trinajstić information content (AvgIpc) is 2.91. The van der Waals surface area contributed by atoms with Crippen LogP contribution >= 0.6 is 0 Å². The smallest absolute Gasteiger partial charge is 0.410 e. The number of amides is 3. The number of carbonyl (C=O) groups excluding carboxylic acids is 3. The summed E-state index contributed by atoms with van der Waals surface area (Å²) in [7, 11) is 0. The van der Waals surface area contributed by atoms with E-state index in [9.17, 15) is 24.3 Å². The van der Waals surface area contributed by atoms with Gasteiger partial charge in [-0.2, -0.15) is 0 Å². The monoisotopic (exact) mass is 593 g/mol. The highest BCUT2D eigenvalue weighted by molar-refractivity contribution is 5.80. The molecule has 3 aliphatic heterocycles. The van der Waals surface area contributed by atoms with E-state index in [2.05, 4.69) is 0 Å². The maximum atomic E-state index is 13.8. The molecule has 3 fully saturated rings. The standard InChI is InChI=1S/C32H55N3O7/c1-31(2,3)41-29(39)33-18-13-23(14-19-33)9-11-25(27(36)35-17-7-8-26(22-35)28(37)38)12-10-24-15-20-34(21-16-24)30(40)42-32(4,5)6/h23-26H,7-22H2,1-6H3,(H,37,38)/t26-/m1/s1. The van der Waals surface area contributed by atoms with Crippen LogP contribution < -0.4 is 0 Å². The van der Waals surface area contributed by atoms with Crippen molar-refractivity contribution in [1.82, 2.24) is 14.7 Å². The summed E-state index contributed by atoms with van der Waals surface area (Å²) in [4.78, 5) is 55.7. The maximum absolute atomic E-state index is 13.8. The summed E-state index contributed by atoms with van der Waals surface area (Å²) in [5.74, 6) is -0.452. The number of piperidine rings is 3. The summed E-state index contributed by atoms with van der Waals surface area (Å²) < 4.78 is 11.1. The Hall–Kier alpha value is -2.52. The van der Waals surface area contributed by atoms with Crippen molar-refractivity contribution in [1.29, 1.82) is 0 Å². The fourth-order valence-corrected chi connectivity index (χ4v) is 6.36. The van der Waals surface area contributed by atoms with Crippen molar-refractivity contribution in [3.05, 3.63) is 0 Å². The van der Waals surface area contributed by atoms with Crippen molar-refractivity contribution < 1.29 is 33.8 Å². The van der Waals surface area contributed by atoms with Crippen molar-refractivity contribution in [3.63, 3.8) is 0 Å². The van der Waals surface area contributed by atoms with Gasteiger partial charge in [0, 0.05) is 45.2 Å². The summed E-state index contributed by atoms with van der Waals surface area (Å²) in [5, 5.41) is 9.56. The molecular weight excluding hydrogens is 538 g/mol. The molecule has 3 amide bonds. The zero-order chi connectivity index (χ0) is 31.1. The van der Waals surface area contributed by atoms with Crippen molar-refractivity contribution in [2.75, 3.05) is 39.3 Å². The molecule has 10 heteroatoms. The highest BCUT2D eigenvalue weighted by Gasteiger charge is 2.34. The molecule has 0 aromatic rings. The Kier molecular flexibility index (Phi) is 12.0. The van der Waals surface area contributed by atoms with Crippen LogP contribution in [0.3, 0.4) is 0 Å². The molecule has 1 N–H and O–H groups in total. The average molecular weight is 594 g/mol. The quantitative estimate of drug-likeness (QED) is 0.379. The predicted molar refractivity (Wildman–Crippen MR) is 160 cm³/mol. The van der Waals surface area contributed by atoms with Gasteiger partial charge in [0.05, 0.1) is 5.92 Å². The number of hydrogen-bond donors (Lipinski definition) is 1. The number of hydrogen-bond acceptors (Lipinski definition) is 6. The van der Waals surface area contributed by atoms with E-state index in [0.717, 1.165) is 57.8 Å². The first-order valence-electron chi connectivity index (χ1n) is 16.1. The zero-order valence-electron chi connectivity index (χ0n) is 26.9. The second kappa shape index (κ2) is 14.8. The van der Waals surface area contributed by atoms with E-state index in [1.54, 1.807) is 14.7 Å². The molecule has 0 spiro atoms. The third-order valence-corrected chi connectivity index (χ3v) is 8.81. The summed E-state index contributed by atoms with van der Waals surface area (Å²) in [6.07, 6.45) is 7.82.